The molecular weight excluding hydrogens is 322 g/mol. The first kappa shape index (κ1) is 14.8. The van der Waals surface area contributed by atoms with Gasteiger partial charge in [0.25, 0.3) is 5.69 Å². The predicted octanol–water partition coefficient (Wildman–Crippen LogP) is 4.59. The molecule has 122 valence electrons. The number of nitro benzene ring substituents is 1. The van der Waals surface area contributed by atoms with Crippen molar-refractivity contribution in [1.82, 2.24) is 9.97 Å². The molecule has 2 aromatic carbocycles. The maximum atomic E-state index is 10.7. The van der Waals surface area contributed by atoms with Gasteiger partial charge in [-0.2, -0.15) is 4.98 Å². The van der Waals surface area contributed by atoms with Gasteiger partial charge in [0.1, 0.15) is 11.5 Å². The van der Waals surface area contributed by atoms with Crippen molar-refractivity contribution in [1.29, 1.82) is 0 Å². The van der Waals surface area contributed by atoms with Gasteiger partial charge >= 0.3 is 6.01 Å². The Labute approximate surface area is 141 Å². The second-order valence-electron chi connectivity index (χ2n) is 5.24. The highest BCUT2D eigenvalue weighted by atomic mass is 16.6. The molecule has 0 aliphatic carbocycles. The van der Waals surface area contributed by atoms with E-state index in [9.17, 15) is 10.1 Å². The number of fused-ring (bicyclic) bond motifs is 1. The lowest BCUT2D eigenvalue weighted by molar-refractivity contribution is -0.384. The maximum absolute atomic E-state index is 10.7. The van der Waals surface area contributed by atoms with E-state index in [1.54, 1.807) is 6.20 Å². The second kappa shape index (κ2) is 6.04. The third-order valence-electron chi connectivity index (χ3n) is 3.57. The standard InChI is InChI=1S/C18H11N3O4/c22-21(23)14-6-8-15(9-7-14)24-18-19-11-13-10-16(25-17(13)20-18)12-4-2-1-3-5-12/h1-11H. The number of hydrogen-bond acceptors (Lipinski definition) is 6. The fourth-order valence-electron chi connectivity index (χ4n) is 2.35. The van der Waals surface area contributed by atoms with Crippen molar-refractivity contribution in [2.45, 2.75) is 0 Å². The van der Waals surface area contributed by atoms with E-state index in [1.807, 2.05) is 36.4 Å². The highest BCUT2D eigenvalue weighted by molar-refractivity contribution is 5.79. The third kappa shape index (κ3) is 3.02. The van der Waals surface area contributed by atoms with Gasteiger partial charge in [-0.25, -0.2) is 4.98 Å². The first-order valence-corrected chi connectivity index (χ1v) is 7.43. The summed E-state index contributed by atoms with van der Waals surface area (Å²) in [6.07, 6.45) is 1.61. The summed E-state index contributed by atoms with van der Waals surface area (Å²) in [6, 6.07) is 17.3. The Morgan fingerprint density at radius 3 is 2.52 bits per heavy atom. The first-order chi connectivity index (χ1) is 12.2. The van der Waals surface area contributed by atoms with Crippen LogP contribution in [0, 0.1) is 10.1 Å². The highest BCUT2D eigenvalue weighted by Gasteiger charge is 2.11. The van der Waals surface area contributed by atoms with E-state index in [2.05, 4.69) is 9.97 Å². The number of non-ortho nitro benzene ring substituents is 1. The van der Waals surface area contributed by atoms with Crippen LogP contribution >= 0.6 is 0 Å². The first-order valence-electron chi connectivity index (χ1n) is 7.43. The van der Waals surface area contributed by atoms with Gasteiger partial charge in [-0.15, -0.1) is 0 Å². The molecule has 0 saturated heterocycles. The van der Waals surface area contributed by atoms with E-state index in [0.717, 1.165) is 10.9 Å². The minimum atomic E-state index is -0.472. The van der Waals surface area contributed by atoms with Crippen molar-refractivity contribution in [3.8, 4) is 23.1 Å². The van der Waals surface area contributed by atoms with Gasteiger partial charge in [-0.1, -0.05) is 30.3 Å². The molecule has 0 atom stereocenters. The molecule has 7 nitrogen and oxygen atoms in total. The average molecular weight is 333 g/mol. The van der Waals surface area contributed by atoms with Crippen molar-refractivity contribution in [2.75, 3.05) is 0 Å². The molecule has 0 aliphatic heterocycles. The van der Waals surface area contributed by atoms with E-state index in [1.165, 1.54) is 24.3 Å². The quantitative estimate of drug-likeness (QED) is 0.400. The molecule has 0 saturated carbocycles. The van der Waals surface area contributed by atoms with E-state index in [0.29, 0.717) is 17.2 Å². The third-order valence-corrected chi connectivity index (χ3v) is 3.57. The van der Waals surface area contributed by atoms with Gasteiger partial charge in [0.2, 0.25) is 5.71 Å². The van der Waals surface area contributed by atoms with Gasteiger partial charge in [-0.3, -0.25) is 10.1 Å². The normalized spacial score (nSPS) is 10.7. The van der Waals surface area contributed by atoms with Crippen molar-refractivity contribution in [3.63, 3.8) is 0 Å². The number of benzene rings is 2. The van der Waals surface area contributed by atoms with Crippen LogP contribution in [0.3, 0.4) is 0 Å². The fourth-order valence-corrected chi connectivity index (χ4v) is 2.35. The van der Waals surface area contributed by atoms with Crippen molar-refractivity contribution in [2.24, 2.45) is 0 Å². The summed E-state index contributed by atoms with van der Waals surface area (Å²) in [5.41, 5.74) is 1.34. The molecule has 0 unspecified atom stereocenters. The average Bonchev–Trinajstić information content (AvgIpc) is 3.06. The zero-order chi connectivity index (χ0) is 17.2. The summed E-state index contributed by atoms with van der Waals surface area (Å²) < 4.78 is 11.3. The Kier molecular flexibility index (Phi) is 3.59. The smallest absolute Gasteiger partial charge is 0.325 e. The van der Waals surface area contributed by atoms with E-state index < -0.39 is 4.92 Å². The minimum absolute atomic E-state index is 0.0118. The zero-order valence-corrected chi connectivity index (χ0v) is 12.8. The predicted molar refractivity (Wildman–Crippen MR) is 90.4 cm³/mol. The molecular formula is C18H11N3O4. The number of nitrogens with zero attached hydrogens (tertiary/aromatic N) is 3. The molecule has 0 N–H and O–H groups in total. The van der Waals surface area contributed by atoms with Crippen molar-refractivity contribution >= 4 is 16.8 Å². The monoisotopic (exact) mass is 333 g/mol. The summed E-state index contributed by atoms with van der Waals surface area (Å²) in [6.45, 7) is 0. The molecule has 0 aliphatic rings. The van der Waals surface area contributed by atoms with Crippen LogP contribution < -0.4 is 4.74 Å². The number of furan rings is 1. The van der Waals surface area contributed by atoms with Gasteiger partial charge in [-0.05, 0) is 18.2 Å². The van der Waals surface area contributed by atoms with E-state index in [4.69, 9.17) is 9.15 Å². The van der Waals surface area contributed by atoms with Crippen LogP contribution in [0.4, 0.5) is 5.69 Å². The van der Waals surface area contributed by atoms with Gasteiger partial charge < -0.3 is 9.15 Å². The van der Waals surface area contributed by atoms with Crippen LogP contribution in [0.2, 0.25) is 0 Å². The molecule has 4 rings (SSSR count). The van der Waals surface area contributed by atoms with Crippen molar-refractivity contribution < 1.29 is 14.1 Å². The lowest BCUT2D eigenvalue weighted by Crippen LogP contribution is -1.92. The molecule has 2 aromatic heterocycles. The summed E-state index contributed by atoms with van der Waals surface area (Å²) in [4.78, 5) is 18.6. The molecule has 25 heavy (non-hydrogen) atoms. The molecule has 0 bridgehead atoms. The second-order valence-corrected chi connectivity index (χ2v) is 5.24. The van der Waals surface area contributed by atoms with Gasteiger partial charge in [0.05, 0.1) is 10.3 Å². The fraction of sp³-hybridized carbons (Fsp3) is 0. The lowest BCUT2D eigenvalue weighted by Gasteiger charge is -2.02. The van der Waals surface area contributed by atoms with Gasteiger partial charge in [0, 0.05) is 23.9 Å². The van der Waals surface area contributed by atoms with E-state index in [-0.39, 0.29) is 11.7 Å². The molecule has 4 aromatic rings. The molecule has 0 spiro atoms. The van der Waals surface area contributed by atoms with Crippen LogP contribution in [0.5, 0.6) is 11.8 Å². The number of aromatic nitrogens is 2. The molecule has 0 amide bonds. The highest BCUT2D eigenvalue weighted by Crippen LogP contribution is 2.28. The van der Waals surface area contributed by atoms with Gasteiger partial charge in [0.15, 0.2) is 0 Å². The topological polar surface area (TPSA) is 91.3 Å². The summed E-state index contributed by atoms with van der Waals surface area (Å²) in [5, 5.41) is 11.4. The van der Waals surface area contributed by atoms with Crippen LogP contribution in [-0.2, 0) is 0 Å². The van der Waals surface area contributed by atoms with Crippen LogP contribution in [-0.4, -0.2) is 14.9 Å². The Hall–Kier alpha value is -3.74. The molecule has 0 radical (unpaired) electrons. The number of nitro groups is 1. The molecule has 7 heteroatoms. The molecule has 0 fully saturated rings. The summed E-state index contributed by atoms with van der Waals surface area (Å²) in [5.74, 6) is 1.09. The lowest BCUT2D eigenvalue weighted by atomic mass is 10.2. The van der Waals surface area contributed by atoms with Crippen LogP contribution in [0.1, 0.15) is 0 Å². The van der Waals surface area contributed by atoms with E-state index >= 15 is 0 Å². The largest absolute Gasteiger partial charge is 0.437 e. The number of hydrogen-bond donors (Lipinski definition) is 0. The number of rotatable bonds is 4. The van der Waals surface area contributed by atoms with Crippen molar-refractivity contribution in [3.05, 3.63) is 77.0 Å². The SMILES string of the molecule is O=[N+]([O-])c1ccc(Oc2ncc3cc(-c4ccccc4)oc3n2)cc1. The molecule has 2 heterocycles. The summed E-state index contributed by atoms with van der Waals surface area (Å²) in [7, 11) is 0. The van der Waals surface area contributed by atoms with Crippen LogP contribution in [0.15, 0.2) is 71.3 Å². The minimum Gasteiger partial charge on any atom is -0.437 e. The zero-order valence-electron chi connectivity index (χ0n) is 12.8. The Balaban J connectivity index is 1.61. The Morgan fingerprint density at radius 1 is 1.04 bits per heavy atom. The Morgan fingerprint density at radius 2 is 1.80 bits per heavy atom. The van der Waals surface area contributed by atoms with Crippen LogP contribution in [0.25, 0.3) is 22.4 Å². The maximum Gasteiger partial charge on any atom is 0.325 e. The Bertz CT molecular complexity index is 1040. The summed E-state index contributed by atoms with van der Waals surface area (Å²) >= 11 is 0. The number of ether oxygens (including phenoxy) is 1.